The Hall–Kier alpha value is -3.18. The van der Waals surface area contributed by atoms with Crippen LogP contribution in [0.4, 0.5) is 0 Å². The highest BCUT2D eigenvalue weighted by Gasteiger charge is 2.13. The summed E-state index contributed by atoms with van der Waals surface area (Å²) >= 11 is 5.99. The molecule has 5 nitrogen and oxygen atoms in total. The number of hydrogen-bond acceptors (Lipinski definition) is 3. The number of halogens is 1. The number of amides is 1. The standard InChI is InChI=1S/C23H21ClN4O/c24-19-9-4-8-18(14-19)15-26-22(29)12-11-21-27-20-10-5-13-25-23(20)28(21)16-17-6-2-1-3-7-17/h1-10,13-14H,11-12,15-16H2,(H,26,29). The summed E-state index contributed by atoms with van der Waals surface area (Å²) in [4.78, 5) is 21.6. The van der Waals surface area contributed by atoms with E-state index in [1.54, 1.807) is 6.20 Å². The number of rotatable bonds is 7. The van der Waals surface area contributed by atoms with Gasteiger partial charge in [0.15, 0.2) is 5.65 Å². The highest BCUT2D eigenvalue weighted by atomic mass is 35.5. The minimum absolute atomic E-state index is 0.0174. The zero-order valence-corrected chi connectivity index (χ0v) is 16.6. The van der Waals surface area contributed by atoms with Crippen molar-refractivity contribution in [2.75, 3.05) is 0 Å². The van der Waals surface area contributed by atoms with E-state index in [0.29, 0.717) is 31.0 Å². The van der Waals surface area contributed by atoms with Gasteiger partial charge < -0.3 is 9.88 Å². The van der Waals surface area contributed by atoms with Crippen LogP contribution in [-0.2, 0) is 24.3 Å². The highest BCUT2D eigenvalue weighted by Crippen LogP contribution is 2.17. The first-order valence-electron chi connectivity index (χ1n) is 9.54. The van der Waals surface area contributed by atoms with E-state index in [-0.39, 0.29) is 5.91 Å². The Morgan fingerprint density at radius 3 is 2.66 bits per heavy atom. The number of nitrogens with zero attached hydrogens (tertiary/aromatic N) is 3. The van der Waals surface area contributed by atoms with Crippen LogP contribution < -0.4 is 5.32 Å². The summed E-state index contributed by atoms with van der Waals surface area (Å²) in [5.41, 5.74) is 3.83. The third kappa shape index (κ3) is 4.81. The van der Waals surface area contributed by atoms with Crippen molar-refractivity contribution in [3.8, 4) is 0 Å². The lowest BCUT2D eigenvalue weighted by molar-refractivity contribution is -0.121. The van der Waals surface area contributed by atoms with Gasteiger partial charge in [-0.25, -0.2) is 9.97 Å². The molecule has 2 heterocycles. The average molecular weight is 405 g/mol. The van der Waals surface area contributed by atoms with Gasteiger partial charge in [-0.3, -0.25) is 4.79 Å². The number of pyridine rings is 1. The molecular weight excluding hydrogens is 384 g/mol. The molecule has 0 aliphatic rings. The van der Waals surface area contributed by atoms with E-state index in [1.807, 2.05) is 54.6 Å². The number of hydrogen-bond donors (Lipinski definition) is 1. The number of nitrogens with one attached hydrogen (secondary N) is 1. The van der Waals surface area contributed by atoms with Crippen LogP contribution in [0.1, 0.15) is 23.4 Å². The molecule has 146 valence electrons. The van der Waals surface area contributed by atoms with Gasteiger partial charge in [-0.1, -0.05) is 54.1 Å². The van der Waals surface area contributed by atoms with Crippen molar-refractivity contribution in [3.63, 3.8) is 0 Å². The van der Waals surface area contributed by atoms with Crippen molar-refractivity contribution < 1.29 is 4.79 Å². The van der Waals surface area contributed by atoms with Gasteiger partial charge in [-0.05, 0) is 35.4 Å². The summed E-state index contributed by atoms with van der Waals surface area (Å²) in [6.07, 6.45) is 2.68. The average Bonchev–Trinajstić information content (AvgIpc) is 3.09. The smallest absolute Gasteiger partial charge is 0.220 e. The molecule has 6 heteroatoms. The fourth-order valence-corrected chi connectivity index (χ4v) is 3.50. The number of aryl methyl sites for hydroxylation is 1. The number of benzene rings is 2. The molecule has 0 aliphatic carbocycles. The third-order valence-electron chi connectivity index (χ3n) is 4.72. The van der Waals surface area contributed by atoms with Gasteiger partial charge in [0.1, 0.15) is 11.3 Å². The first-order chi connectivity index (χ1) is 14.2. The maximum atomic E-state index is 12.4. The molecule has 0 radical (unpaired) electrons. The van der Waals surface area contributed by atoms with Gasteiger partial charge >= 0.3 is 0 Å². The first kappa shape index (κ1) is 19.2. The monoisotopic (exact) mass is 404 g/mol. The zero-order chi connectivity index (χ0) is 20.1. The number of imidazole rings is 1. The molecule has 0 fully saturated rings. The van der Waals surface area contributed by atoms with Crippen molar-refractivity contribution in [2.24, 2.45) is 0 Å². The number of aromatic nitrogens is 3. The molecule has 29 heavy (non-hydrogen) atoms. The Bertz CT molecular complexity index is 1120. The molecule has 4 rings (SSSR count). The second-order valence-electron chi connectivity index (χ2n) is 6.85. The Morgan fingerprint density at radius 1 is 1.00 bits per heavy atom. The topological polar surface area (TPSA) is 59.8 Å². The lowest BCUT2D eigenvalue weighted by Crippen LogP contribution is -2.23. The Kier molecular flexibility index (Phi) is 5.86. The minimum Gasteiger partial charge on any atom is -0.352 e. The second-order valence-corrected chi connectivity index (χ2v) is 7.29. The van der Waals surface area contributed by atoms with E-state index < -0.39 is 0 Å². The summed E-state index contributed by atoms with van der Waals surface area (Å²) in [7, 11) is 0. The van der Waals surface area contributed by atoms with Crippen LogP contribution in [0.2, 0.25) is 5.02 Å². The minimum atomic E-state index is -0.0174. The molecule has 0 unspecified atom stereocenters. The normalized spacial score (nSPS) is 10.9. The molecule has 2 aromatic carbocycles. The van der Waals surface area contributed by atoms with Crippen LogP contribution in [-0.4, -0.2) is 20.4 Å². The lowest BCUT2D eigenvalue weighted by Gasteiger charge is -2.09. The van der Waals surface area contributed by atoms with Crippen LogP contribution in [0, 0.1) is 0 Å². The summed E-state index contributed by atoms with van der Waals surface area (Å²) in [5, 5.41) is 3.61. The van der Waals surface area contributed by atoms with E-state index in [1.165, 1.54) is 5.56 Å². The molecule has 0 saturated carbocycles. The molecule has 0 spiro atoms. The summed E-state index contributed by atoms with van der Waals surface area (Å²) in [6.45, 7) is 1.13. The van der Waals surface area contributed by atoms with Crippen LogP contribution in [0.3, 0.4) is 0 Å². The second kappa shape index (κ2) is 8.88. The summed E-state index contributed by atoms with van der Waals surface area (Å²) < 4.78 is 2.09. The number of carbonyl (C=O) groups is 1. The zero-order valence-electron chi connectivity index (χ0n) is 15.9. The molecular formula is C23H21ClN4O. The van der Waals surface area contributed by atoms with E-state index in [2.05, 4.69) is 27.0 Å². The van der Waals surface area contributed by atoms with Crippen molar-refractivity contribution >= 4 is 28.7 Å². The largest absolute Gasteiger partial charge is 0.352 e. The summed E-state index contributed by atoms with van der Waals surface area (Å²) in [5.74, 6) is 0.844. The molecule has 4 aromatic rings. The molecule has 0 aliphatic heterocycles. The van der Waals surface area contributed by atoms with Crippen molar-refractivity contribution in [2.45, 2.75) is 25.9 Å². The fourth-order valence-electron chi connectivity index (χ4n) is 3.29. The Labute approximate surface area is 174 Å². The number of fused-ring (bicyclic) bond motifs is 1. The molecule has 0 atom stereocenters. The molecule has 0 saturated heterocycles. The SMILES string of the molecule is O=C(CCc1nc2cccnc2n1Cc1ccccc1)NCc1cccc(Cl)c1. The number of carbonyl (C=O) groups excluding carboxylic acids is 1. The van der Waals surface area contributed by atoms with E-state index in [4.69, 9.17) is 16.6 Å². The molecule has 1 N–H and O–H groups in total. The van der Waals surface area contributed by atoms with E-state index >= 15 is 0 Å². The van der Waals surface area contributed by atoms with E-state index in [9.17, 15) is 4.79 Å². The summed E-state index contributed by atoms with van der Waals surface area (Å²) in [6, 6.07) is 21.5. The maximum absolute atomic E-state index is 12.4. The van der Waals surface area contributed by atoms with Crippen molar-refractivity contribution in [1.29, 1.82) is 0 Å². The third-order valence-corrected chi connectivity index (χ3v) is 4.96. The maximum Gasteiger partial charge on any atom is 0.220 e. The van der Waals surface area contributed by atoms with Crippen LogP contribution >= 0.6 is 11.6 Å². The van der Waals surface area contributed by atoms with Crippen LogP contribution in [0.15, 0.2) is 72.9 Å². The van der Waals surface area contributed by atoms with Gasteiger partial charge in [-0.15, -0.1) is 0 Å². The predicted octanol–water partition coefficient (Wildman–Crippen LogP) is 4.38. The Morgan fingerprint density at radius 2 is 1.83 bits per heavy atom. The van der Waals surface area contributed by atoms with Crippen molar-refractivity contribution in [1.82, 2.24) is 19.9 Å². The van der Waals surface area contributed by atoms with E-state index in [0.717, 1.165) is 22.6 Å². The van der Waals surface area contributed by atoms with Gasteiger partial charge in [0.2, 0.25) is 5.91 Å². The fraction of sp³-hybridized carbons (Fsp3) is 0.174. The molecule has 1 amide bonds. The van der Waals surface area contributed by atoms with Gasteiger partial charge in [-0.2, -0.15) is 0 Å². The van der Waals surface area contributed by atoms with Gasteiger partial charge in [0.25, 0.3) is 0 Å². The van der Waals surface area contributed by atoms with Crippen LogP contribution in [0.5, 0.6) is 0 Å². The van der Waals surface area contributed by atoms with Gasteiger partial charge in [0, 0.05) is 30.6 Å². The highest BCUT2D eigenvalue weighted by molar-refractivity contribution is 6.30. The first-order valence-corrected chi connectivity index (χ1v) is 9.92. The molecule has 0 bridgehead atoms. The van der Waals surface area contributed by atoms with Crippen LogP contribution in [0.25, 0.3) is 11.2 Å². The quantitative estimate of drug-likeness (QED) is 0.497. The van der Waals surface area contributed by atoms with Gasteiger partial charge in [0.05, 0.1) is 6.54 Å². The molecule has 2 aromatic heterocycles. The Balaban J connectivity index is 1.45. The lowest BCUT2D eigenvalue weighted by atomic mass is 10.2. The van der Waals surface area contributed by atoms with Crippen molar-refractivity contribution in [3.05, 3.63) is 94.9 Å². The predicted molar refractivity (Wildman–Crippen MR) is 115 cm³/mol.